The second-order valence-electron chi connectivity index (χ2n) is 7.32. The van der Waals surface area contributed by atoms with Gasteiger partial charge in [0.25, 0.3) is 0 Å². The number of fused-ring (bicyclic) bond motifs is 1. The van der Waals surface area contributed by atoms with E-state index in [1.54, 1.807) is 11.6 Å². The first-order valence-corrected chi connectivity index (χ1v) is 9.77. The molecule has 1 unspecified atom stereocenters. The van der Waals surface area contributed by atoms with Crippen LogP contribution in [-0.4, -0.2) is 15.6 Å². The lowest BCUT2D eigenvalue weighted by molar-refractivity contribution is 0.0687. The van der Waals surface area contributed by atoms with Crippen LogP contribution in [0.25, 0.3) is 17.2 Å². The maximum absolute atomic E-state index is 11.9. The molecule has 0 aliphatic heterocycles. The highest BCUT2D eigenvalue weighted by molar-refractivity contribution is 5.97. The molecular formula is C25H22N2O2. The van der Waals surface area contributed by atoms with Crippen molar-refractivity contribution in [3.05, 3.63) is 88.2 Å². The van der Waals surface area contributed by atoms with Gasteiger partial charge in [-0.05, 0) is 35.1 Å². The SMILES string of the molecule is CCc1c(C#N)c(-c2ccc(C3CC=Cc4ccccc43)cc2)c(C(=O)O)n1C. The Hall–Kier alpha value is -3.58. The molecule has 29 heavy (non-hydrogen) atoms. The minimum absolute atomic E-state index is 0.164. The zero-order valence-corrected chi connectivity index (χ0v) is 16.5. The molecule has 0 saturated heterocycles. The van der Waals surface area contributed by atoms with Gasteiger partial charge in [-0.2, -0.15) is 5.26 Å². The number of benzene rings is 2. The van der Waals surface area contributed by atoms with Crippen molar-refractivity contribution in [3.8, 4) is 17.2 Å². The van der Waals surface area contributed by atoms with Crippen molar-refractivity contribution in [2.24, 2.45) is 7.05 Å². The Morgan fingerprint density at radius 3 is 2.59 bits per heavy atom. The van der Waals surface area contributed by atoms with Crippen LogP contribution in [0, 0.1) is 11.3 Å². The third kappa shape index (κ3) is 3.05. The fourth-order valence-electron chi connectivity index (χ4n) is 4.43. The van der Waals surface area contributed by atoms with Crippen LogP contribution in [0.4, 0.5) is 0 Å². The second-order valence-corrected chi connectivity index (χ2v) is 7.32. The maximum atomic E-state index is 11.9. The van der Waals surface area contributed by atoms with E-state index in [0.717, 1.165) is 17.7 Å². The van der Waals surface area contributed by atoms with E-state index >= 15 is 0 Å². The van der Waals surface area contributed by atoms with Crippen molar-refractivity contribution in [3.63, 3.8) is 0 Å². The van der Waals surface area contributed by atoms with Crippen LogP contribution in [-0.2, 0) is 13.5 Å². The monoisotopic (exact) mass is 382 g/mol. The number of carbonyl (C=O) groups is 1. The van der Waals surface area contributed by atoms with Crippen LogP contribution >= 0.6 is 0 Å². The predicted octanol–water partition coefficient (Wildman–Crippen LogP) is 5.37. The molecular weight excluding hydrogens is 360 g/mol. The van der Waals surface area contributed by atoms with E-state index in [1.807, 2.05) is 25.1 Å². The molecule has 3 aromatic rings. The lowest BCUT2D eigenvalue weighted by atomic mass is 9.82. The number of carboxylic acid groups (broad SMARTS) is 1. The molecule has 1 aromatic heterocycles. The van der Waals surface area contributed by atoms with Gasteiger partial charge in [-0.25, -0.2) is 4.79 Å². The first-order valence-electron chi connectivity index (χ1n) is 9.77. The topological polar surface area (TPSA) is 66.0 Å². The van der Waals surface area contributed by atoms with Gasteiger partial charge in [0, 0.05) is 24.2 Å². The maximum Gasteiger partial charge on any atom is 0.353 e. The fourth-order valence-corrected chi connectivity index (χ4v) is 4.43. The lowest BCUT2D eigenvalue weighted by Gasteiger charge is -2.22. The van der Waals surface area contributed by atoms with E-state index in [-0.39, 0.29) is 11.6 Å². The molecule has 4 rings (SSSR count). The summed E-state index contributed by atoms with van der Waals surface area (Å²) in [5, 5.41) is 19.5. The third-order valence-corrected chi connectivity index (χ3v) is 5.81. The average Bonchev–Trinajstić information content (AvgIpc) is 3.05. The summed E-state index contributed by atoms with van der Waals surface area (Å²) >= 11 is 0. The number of hydrogen-bond donors (Lipinski definition) is 1. The van der Waals surface area contributed by atoms with Gasteiger partial charge >= 0.3 is 5.97 Å². The molecule has 0 radical (unpaired) electrons. The molecule has 4 nitrogen and oxygen atoms in total. The van der Waals surface area contributed by atoms with Crippen LogP contribution < -0.4 is 0 Å². The molecule has 1 atom stereocenters. The van der Waals surface area contributed by atoms with E-state index in [9.17, 15) is 15.2 Å². The van der Waals surface area contributed by atoms with E-state index in [0.29, 0.717) is 17.5 Å². The molecule has 0 spiro atoms. The second kappa shape index (κ2) is 7.44. The van der Waals surface area contributed by atoms with E-state index in [2.05, 4.69) is 48.6 Å². The Kier molecular flexibility index (Phi) is 4.82. The smallest absolute Gasteiger partial charge is 0.353 e. The highest BCUT2D eigenvalue weighted by atomic mass is 16.4. The molecule has 1 aliphatic rings. The summed E-state index contributed by atoms with van der Waals surface area (Å²) in [5.41, 5.74) is 6.36. The normalized spacial score (nSPS) is 15.0. The minimum Gasteiger partial charge on any atom is -0.477 e. The quantitative estimate of drug-likeness (QED) is 0.659. The Labute approximate surface area is 170 Å². The first kappa shape index (κ1) is 18.8. The molecule has 0 saturated carbocycles. The summed E-state index contributed by atoms with van der Waals surface area (Å²) in [5.74, 6) is -0.740. The molecule has 0 bridgehead atoms. The summed E-state index contributed by atoms with van der Waals surface area (Å²) in [6.45, 7) is 1.93. The Morgan fingerprint density at radius 2 is 1.93 bits per heavy atom. The summed E-state index contributed by atoms with van der Waals surface area (Å²) in [6, 6.07) is 18.6. The van der Waals surface area contributed by atoms with Crippen LogP contribution in [0.3, 0.4) is 0 Å². The summed E-state index contributed by atoms with van der Waals surface area (Å²) in [6.07, 6.45) is 5.89. The molecule has 1 aliphatic carbocycles. The fraction of sp³-hybridized carbons (Fsp3) is 0.200. The van der Waals surface area contributed by atoms with Crippen LogP contribution in [0.2, 0.25) is 0 Å². The van der Waals surface area contributed by atoms with E-state index in [1.165, 1.54) is 16.7 Å². The summed E-state index contributed by atoms with van der Waals surface area (Å²) in [7, 11) is 1.71. The molecule has 144 valence electrons. The Balaban J connectivity index is 1.80. The van der Waals surface area contributed by atoms with E-state index in [4.69, 9.17) is 0 Å². The number of allylic oxidation sites excluding steroid dienone is 1. The zero-order chi connectivity index (χ0) is 20.5. The Morgan fingerprint density at radius 1 is 1.21 bits per heavy atom. The van der Waals surface area contributed by atoms with Gasteiger partial charge in [0.05, 0.1) is 5.56 Å². The highest BCUT2D eigenvalue weighted by Crippen LogP contribution is 2.37. The van der Waals surface area contributed by atoms with Gasteiger partial charge in [0.2, 0.25) is 0 Å². The van der Waals surface area contributed by atoms with Crippen molar-refractivity contribution in [2.45, 2.75) is 25.7 Å². The first-order chi connectivity index (χ1) is 14.1. The summed E-state index contributed by atoms with van der Waals surface area (Å²) < 4.78 is 1.63. The van der Waals surface area contributed by atoms with Gasteiger partial charge in [-0.1, -0.05) is 67.6 Å². The van der Waals surface area contributed by atoms with Crippen molar-refractivity contribution < 1.29 is 9.90 Å². The van der Waals surface area contributed by atoms with Crippen molar-refractivity contribution >= 4 is 12.0 Å². The van der Waals surface area contributed by atoms with Gasteiger partial charge in [-0.15, -0.1) is 0 Å². The zero-order valence-electron chi connectivity index (χ0n) is 16.5. The van der Waals surface area contributed by atoms with Crippen LogP contribution in [0.15, 0.2) is 54.6 Å². The van der Waals surface area contributed by atoms with E-state index < -0.39 is 5.97 Å². The number of aromatic nitrogens is 1. The number of aromatic carboxylic acids is 1. The number of rotatable bonds is 4. The number of nitrogens with zero attached hydrogens (tertiary/aromatic N) is 2. The predicted molar refractivity (Wildman–Crippen MR) is 114 cm³/mol. The molecule has 1 N–H and O–H groups in total. The number of nitriles is 1. The highest BCUT2D eigenvalue weighted by Gasteiger charge is 2.26. The Bertz CT molecular complexity index is 1160. The van der Waals surface area contributed by atoms with Gasteiger partial charge in [-0.3, -0.25) is 0 Å². The standard InChI is InChI=1S/C25H22N2O2/c1-3-22-21(15-26)23(24(25(28)29)27(22)2)18-13-11-17(12-14-18)20-10-6-8-16-7-4-5-9-19(16)20/h4-9,11-14,20H,3,10H2,1-2H3,(H,28,29). The third-order valence-electron chi connectivity index (χ3n) is 5.81. The molecule has 0 amide bonds. The molecule has 0 fully saturated rings. The van der Waals surface area contributed by atoms with Crippen LogP contribution in [0.5, 0.6) is 0 Å². The average molecular weight is 382 g/mol. The molecule has 4 heteroatoms. The lowest BCUT2D eigenvalue weighted by Crippen LogP contribution is -2.08. The van der Waals surface area contributed by atoms with Gasteiger partial charge in [0.1, 0.15) is 11.8 Å². The van der Waals surface area contributed by atoms with Gasteiger partial charge < -0.3 is 9.67 Å². The number of hydrogen-bond acceptors (Lipinski definition) is 2. The number of carboxylic acids is 1. The molecule has 2 aromatic carbocycles. The van der Waals surface area contributed by atoms with Crippen molar-refractivity contribution in [1.29, 1.82) is 5.26 Å². The largest absolute Gasteiger partial charge is 0.477 e. The van der Waals surface area contributed by atoms with Crippen LogP contribution in [0.1, 0.15) is 57.7 Å². The summed E-state index contributed by atoms with van der Waals surface area (Å²) in [4.78, 5) is 11.9. The van der Waals surface area contributed by atoms with Crippen molar-refractivity contribution in [2.75, 3.05) is 0 Å². The minimum atomic E-state index is -1.02. The van der Waals surface area contributed by atoms with Crippen molar-refractivity contribution in [1.82, 2.24) is 4.57 Å². The molecule has 1 heterocycles. The van der Waals surface area contributed by atoms with Gasteiger partial charge in [0.15, 0.2) is 0 Å².